The van der Waals surface area contributed by atoms with E-state index < -0.39 is 0 Å². The molecule has 0 saturated carbocycles. The minimum Gasteiger partial charge on any atom is -0.345 e. The molecule has 0 atom stereocenters. The zero-order valence-electron chi connectivity index (χ0n) is 16.7. The van der Waals surface area contributed by atoms with Gasteiger partial charge in [-0.15, -0.1) is 0 Å². The average Bonchev–Trinajstić information content (AvgIpc) is 3.43. The lowest BCUT2D eigenvalue weighted by atomic mass is 9.97. The summed E-state index contributed by atoms with van der Waals surface area (Å²) >= 11 is 0. The van der Waals surface area contributed by atoms with Gasteiger partial charge in [-0.2, -0.15) is 0 Å². The monoisotopic (exact) mass is 390 g/mol. The average molecular weight is 390 g/mol. The Bertz CT molecular complexity index is 1370. The number of benzene rings is 3. The standard InChI is InChI=1S/C26H22N4/c1-2-7-24-18(4-1)8-10-21(29-24)12-13-30-15-20-5-3-6-22(23(20)16-30)19-9-11-25-26(14-19)28-17-27-25/h1-11,14,17H,12-13,15-16H2,(H,27,28). The summed E-state index contributed by atoms with van der Waals surface area (Å²) < 4.78 is 0. The fraction of sp³-hybridized carbons (Fsp3) is 0.154. The first kappa shape index (κ1) is 17.4. The Morgan fingerprint density at radius 1 is 0.867 bits per heavy atom. The normalized spacial score (nSPS) is 13.9. The quantitative estimate of drug-likeness (QED) is 0.451. The fourth-order valence-corrected chi connectivity index (χ4v) is 4.54. The van der Waals surface area contributed by atoms with Crippen LogP contribution in [0.5, 0.6) is 0 Å². The number of nitrogens with one attached hydrogen (secondary N) is 1. The van der Waals surface area contributed by atoms with Gasteiger partial charge in [0.05, 0.1) is 22.9 Å². The molecule has 1 N–H and O–H groups in total. The third-order valence-electron chi connectivity index (χ3n) is 6.12. The van der Waals surface area contributed by atoms with Gasteiger partial charge >= 0.3 is 0 Å². The molecule has 4 nitrogen and oxygen atoms in total. The second-order valence-corrected chi connectivity index (χ2v) is 8.03. The molecule has 30 heavy (non-hydrogen) atoms. The number of imidazole rings is 1. The van der Waals surface area contributed by atoms with E-state index >= 15 is 0 Å². The molecule has 2 aromatic heterocycles. The summed E-state index contributed by atoms with van der Waals surface area (Å²) in [5.41, 5.74) is 9.80. The Hall–Kier alpha value is -3.50. The van der Waals surface area contributed by atoms with E-state index in [1.807, 2.05) is 0 Å². The van der Waals surface area contributed by atoms with E-state index in [-0.39, 0.29) is 0 Å². The van der Waals surface area contributed by atoms with Gasteiger partial charge in [-0.3, -0.25) is 9.88 Å². The molecule has 0 spiro atoms. The highest BCUT2D eigenvalue weighted by Gasteiger charge is 2.22. The number of aromatic amines is 1. The first-order chi connectivity index (χ1) is 14.8. The zero-order valence-corrected chi connectivity index (χ0v) is 16.7. The highest BCUT2D eigenvalue weighted by atomic mass is 15.1. The predicted molar refractivity (Wildman–Crippen MR) is 121 cm³/mol. The zero-order chi connectivity index (χ0) is 19.9. The highest BCUT2D eigenvalue weighted by Crippen LogP contribution is 2.33. The van der Waals surface area contributed by atoms with Crippen LogP contribution in [-0.2, 0) is 19.5 Å². The van der Waals surface area contributed by atoms with Crippen molar-refractivity contribution in [3.05, 3.63) is 95.9 Å². The van der Waals surface area contributed by atoms with Crippen LogP contribution in [0.1, 0.15) is 16.8 Å². The summed E-state index contributed by atoms with van der Waals surface area (Å²) in [6.45, 7) is 3.00. The van der Waals surface area contributed by atoms with Gasteiger partial charge < -0.3 is 4.98 Å². The Labute approximate surface area is 175 Å². The van der Waals surface area contributed by atoms with Crippen LogP contribution in [0.4, 0.5) is 0 Å². The molecule has 6 rings (SSSR count). The van der Waals surface area contributed by atoms with Crippen LogP contribution in [0, 0.1) is 0 Å². The SMILES string of the molecule is c1cc2c(c(-c3ccc4nc[nH]c4c3)c1)CN(CCc1ccc3ccccc3n1)C2. The number of para-hydroxylation sites is 1. The number of rotatable bonds is 4. The molecule has 0 amide bonds. The van der Waals surface area contributed by atoms with Crippen molar-refractivity contribution in [3.63, 3.8) is 0 Å². The maximum absolute atomic E-state index is 4.84. The molecule has 5 aromatic rings. The molecule has 3 heterocycles. The molecule has 3 aromatic carbocycles. The van der Waals surface area contributed by atoms with Gasteiger partial charge in [0.15, 0.2) is 0 Å². The lowest BCUT2D eigenvalue weighted by Crippen LogP contribution is -2.19. The van der Waals surface area contributed by atoms with Crippen molar-refractivity contribution in [1.29, 1.82) is 0 Å². The number of aromatic nitrogens is 3. The molecule has 1 aliphatic heterocycles. The number of H-pyrrole nitrogens is 1. The highest BCUT2D eigenvalue weighted by molar-refractivity contribution is 5.83. The van der Waals surface area contributed by atoms with Crippen LogP contribution in [0.25, 0.3) is 33.1 Å². The lowest BCUT2D eigenvalue weighted by Gasteiger charge is -2.15. The van der Waals surface area contributed by atoms with E-state index in [1.165, 1.54) is 27.6 Å². The number of pyridine rings is 1. The van der Waals surface area contributed by atoms with E-state index in [4.69, 9.17) is 4.98 Å². The Balaban J connectivity index is 1.22. The first-order valence-electron chi connectivity index (χ1n) is 10.4. The first-order valence-corrected chi connectivity index (χ1v) is 10.4. The van der Waals surface area contributed by atoms with Gasteiger partial charge in [-0.05, 0) is 46.5 Å². The summed E-state index contributed by atoms with van der Waals surface area (Å²) in [4.78, 5) is 14.9. The fourth-order valence-electron chi connectivity index (χ4n) is 4.54. The Kier molecular flexibility index (Phi) is 4.10. The molecule has 0 radical (unpaired) electrons. The molecule has 0 saturated heterocycles. The number of hydrogen-bond donors (Lipinski definition) is 1. The van der Waals surface area contributed by atoms with E-state index in [1.54, 1.807) is 6.33 Å². The molecule has 0 unspecified atom stereocenters. The van der Waals surface area contributed by atoms with Crippen molar-refractivity contribution in [1.82, 2.24) is 19.9 Å². The molecule has 0 fully saturated rings. The van der Waals surface area contributed by atoms with Gasteiger partial charge in [-0.1, -0.05) is 48.5 Å². The minimum atomic E-state index is 0.967. The van der Waals surface area contributed by atoms with Gasteiger partial charge in [0, 0.05) is 37.1 Å². The van der Waals surface area contributed by atoms with Crippen LogP contribution < -0.4 is 0 Å². The molecule has 4 heteroatoms. The molecule has 1 aliphatic rings. The van der Waals surface area contributed by atoms with Crippen LogP contribution in [0.2, 0.25) is 0 Å². The second-order valence-electron chi connectivity index (χ2n) is 8.03. The smallest absolute Gasteiger partial charge is 0.0931 e. The van der Waals surface area contributed by atoms with E-state index in [9.17, 15) is 0 Å². The molecular weight excluding hydrogens is 368 g/mol. The second kappa shape index (κ2) is 7.08. The van der Waals surface area contributed by atoms with Crippen molar-refractivity contribution in [2.24, 2.45) is 0 Å². The lowest BCUT2D eigenvalue weighted by molar-refractivity contribution is 0.287. The third-order valence-corrected chi connectivity index (χ3v) is 6.12. The van der Waals surface area contributed by atoms with Crippen molar-refractivity contribution in [3.8, 4) is 11.1 Å². The number of nitrogens with zero attached hydrogens (tertiary/aromatic N) is 3. The van der Waals surface area contributed by atoms with Crippen molar-refractivity contribution >= 4 is 21.9 Å². The van der Waals surface area contributed by atoms with Crippen molar-refractivity contribution in [2.75, 3.05) is 6.54 Å². The maximum atomic E-state index is 4.84. The summed E-state index contributed by atoms with van der Waals surface area (Å²) in [7, 11) is 0. The third kappa shape index (κ3) is 3.06. The van der Waals surface area contributed by atoms with E-state index in [2.05, 4.69) is 87.7 Å². The largest absolute Gasteiger partial charge is 0.345 e. The summed E-state index contributed by atoms with van der Waals surface area (Å²) in [5, 5.41) is 1.20. The van der Waals surface area contributed by atoms with Crippen molar-refractivity contribution in [2.45, 2.75) is 19.5 Å². The number of hydrogen-bond acceptors (Lipinski definition) is 3. The van der Waals surface area contributed by atoms with Gasteiger partial charge in [0.2, 0.25) is 0 Å². The maximum Gasteiger partial charge on any atom is 0.0931 e. The van der Waals surface area contributed by atoms with E-state index in [0.717, 1.165) is 48.3 Å². The summed E-state index contributed by atoms with van der Waals surface area (Å²) in [6, 6.07) is 25.8. The molecule has 0 bridgehead atoms. The topological polar surface area (TPSA) is 44.8 Å². The van der Waals surface area contributed by atoms with Gasteiger partial charge in [-0.25, -0.2) is 4.98 Å². The molecular formula is C26H22N4. The minimum absolute atomic E-state index is 0.967. The van der Waals surface area contributed by atoms with Gasteiger partial charge in [0.1, 0.15) is 0 Å². The van der Waals surface area contributed by atoms with Crippen LogP contribution in [0.15, 0.2) is 79.1 Å². The van der Waals surface area contributed by atoms with Crippen molar-refractivity contribution < 1.29 is 0 Å². The van der Waals surface area contributed by atoms with Crippen LogP contribution in [0.3, 0.4) is 0 Å². The van der Waals surface area contributed by atoms with Crippen LogP contribution >= 0.6 is 0 Å². The molecule has 0 aliphatic carbocycles. The van der Waals surface area contributed by atoms with Crippen LogP contribution in [-0.4, -0.2) is 26.4 Å². The summed E-state index contributed by atoms with van der Waals surface area (Å²) in [5.74, 6) is 0. The molecule has 146 valence electrons. The van der Waals surface area contributed by atoms with Gasteiger partial charge in [0.25, 0.3) is 0 Å². The summed E-state index contributed by atoms with van der Waals surface area (Å²) in [6.07, 6.45) is 2.72. The Morgan fingerprint density at radius 2 is 1.83 bits per heavy atom. The Morgan fingerprint density at radius 3 is 2.83 bits per heavy atom. The number of fused-ring (bicyclic) bond motifs is 3. The van der Waals surface area contributed by atoms with E-state index in [0.29, 0.717) is 0 Å². The predicted octanol–water partition coefficient (Wildman–Crippen LogP) is 5.34.